The van der Waals surface area contributed by atoms with Crippen molar-refractivity contribution in [3.05, 3.63) is 23.0 Å². The van der Waals surface area contributed by atoms with Crippen LogP contribution in [0.3, 0.4) is 0 Å². The molecule has 0 aliphatic heterocycles. The van der Waals surface area contributed by atoms with Gasteiger partial charge >= 0.3 is 0 Å². The lowest BCUT2D eigenvalue weighted by Crippen LogP contribution is -1.93. The van der Waals surface area contributed by atoms with Crippen LogP contribution < -0.4 is 0 Å². The van der Waals surface area contributed by atoms with Crippen LogP contribution in [0.1, 0.15) is 0 Å². The van der Waals surface area contributed by atoms with E-state index in [1.165, 1.54) is 10.8 Å². The van der Waals surface area contributed by atoms with Crippen molar-refractivity contribution in [2.24, 2.45) is 0 Å². The topological polar surface area (TPSA) is 43.1 Å². The van der Waals surface area contributed by atoms with E-state index >= 15 is 0 Å². The maximum atomic E-state index is 5.71. The van der Waals surface area contributed by atoms with Crippen molar-refractivity contribution in [2.75, 3.05) is 0 Å². The third-order valence-corrected chi connectivity index (χ3v) is 1.65. The van der Waals surface area contributed by atoms with E-state index in [1.54, 1.807) is 6.20 Å². The summed E-state index contributed by atoms with van der Waals surface area (Å²) < 4.78 is 1.47. The molecule has 0 fully saturated rings. The van der Waals surface area contributed by atoms with E-state index in [1.807, 2.05) is 0 Å². The van der Waals surface area contributed by atoms with Gasteiger partial charge in [0.15, 0.2) is 5.15 Å². The van der Waals surface area contributed by atoms with Gasteiger partial charge in [-0.3, -0.25) is 0 Å². The highest BCUT2D eigenvalue weighted by atomic mass is 35.5. The normalized spacial score (nSPS) is 10.7. The van der Waals surface area contributed by atoms with Crippen molar-refractivity contribution < 1.29 is 0 Å². The lowest BCUT2D eigenvalue weighted by atomic mass is 10.6. The number of hydrogen-bond donors (Lipinski definition) is 0. The minimum absolute atomic E-state index is 0.112. The van der Waals surface area contributed by atoms with Crippen molar-refractivity contribution in [1.82, 2.24) is 19.6 Å². The number of rotatable bonds is 0. The van der Waals surface area contributed by atoms with E-state index in [4.69, 9.17) is 23.2 Å². The lowest BCUT2D eigenvalue weighted by Gasteiger charge is -1.93. The maximum Gasteiger partial charge on any atom is 0.242 e. The molecule has 0 saturated carbocycles. The van der Waals surface area contributed by atoms with Crippen LogP contribution in [0, 0.1) is 0 Å². The molecule has 0 bridgehead atoms. The Balaban J connectivity index is 2.91. The van der Waals surface area contributed by atoms with Gasteiger partial charge in [-0.2, -0.15) is 0 Å². The highest BCUT2D eigenvalue weighted by molar-refractivity contribution is 6.34. The highest BCUT2D eigenvalue weighted by Crippen LogP contribution is 2.14. The Kier molecular flexibility index (Phi) is 1.44. The average molecular weight is 189 g/mol. The van der Waals surface area contributed by atoms with Crippen molar-refractivity contribution in [1.29, 1.82) is 0 Å². The van der Waals surface area contributed by atoms with Crippen molar-refractivity contribution >= 4 is 28.7 Å². The smallest absolute Gasteiger partial charge is 0.242 e. The van der Waals surface area contributed by atoms with Crippen LogP contribution in [0.15, 0.2) is 12.5 Å². The fourth-order valence-corrected chi connectivity index (χ4v) is 1.19. The van der Waals surface area contributed by atoms with E-state index in [2.05, 4.69) is 15.1 Å². The van der Waals surface area contributed by atoms with Gasteiger partial charge in [0.1, 0.15) is 11.8 Å². The van der Waals surface area contributed by atoms with Crippen LogP contribution in [0.5, 0.6) is 0 Å². The Hall–Kier alpha value is -0.870. The van der Waals surface area contributed by atoms with Gasteiger partial charge in [-0.05, 0) is 11.6 Å². The van der Waals surface area contributed by atoms with Crippen LogP contribution in [-0.4, -0.2) is 19.6 Å². The molecule has 11 heavy (non-hydrogen) atoms. The number of hydrogen-bond acceptors (Lipinski definition) is 3. The second-order valence-electron chi connectivity index (χ2n) is 1.90. The first-order chi connectivity index (χ1) is 5.27. The van der Waals surface area contributed by atoms with Crippen LogP contribution in [0.25, 0.3) is 5.52 Å². The molecule has 0 spiro atoms. The summed E-state index contributed by atoms with van der Waals surface area (Å²) in [5.41, 5.74) is 0.649. The Labute approximate surface area is 71.8 Å². The molecule has 0 aliphatic rings. The molecule has 0 radical (unpaired) electrons. The number of fused-ring (bicyclic) bond motifs is 1. The molecule has 0 N–H and O–H groups in total. The van der Waals surface area contributed by atoms with Gasteiger partial charge in [0.05, 0.1) is 6.20 Å². The second-order valence-corrected chi connectivity index (χ2v) is 2.59. The first-order valence-corrected chi connectivity index (χ1v) is 3.54. The zero-order chi connectivity index (χ0) is 7.84. The third kappa shape index (κ3) is 1.04. The van der Waals surface area contributed by atoms with Crippen LogP contribution >= 0.6 is 23.2 Å². The summed E-state index contributed by atoms with van der Waals surface area (Å²) in [4.78, 5) is 7.55. The number of imidazole rings is 1. The van der Waals surface area contributed by atoms with E-state index < -0.39 is 0 Å². The van der Waals surface area contributed by atoms with E-state index in [9.17, 15) is 0 Å². The van der Waals surface area contributed by atoms with Gasteiger partial charge < -0.3 is 0 Å². The van der Waals surface area contributed by atoms with Crippen LogP contribution in [0.4, 0.5) is 0 Å². The summed E-state index contributed by atoms with van der Waals surface area (Å²) in [6, 6.07) is 0. The molecule has 2 aromatic heterocycles. The molecule has 0 aromatic carbocycles. The van der Waals surface area contributed by atoms with E-state index in [0.29, 0.717) is 10.7 Å². The largest absolute Gasteiger partial charge is 0.242 e. The van der Waals surface area contributed by atoms with Gasteiger partial charge in [0.2, 0.25) is 5.28 Å². The van der Waals surface area contributed by atoms with Crippen molar-refractivity contribution in [3.63, 3.8) is 0 Å². The Bertz CT molecular complexity index is 396. The highest BCUT2D eigenvalue weighted by Gasteiger charge is 2.02. The maximum absolute atomic E-state index is 5.71. The predicted molar refractivity (Wildman–Crippen MR) is 40.8 cm³/mol. The standard InChI is InChI=1S/C5H2Cl2N4/c6-4-3-1-8-2-11(3)10-5(7)9-4/h1-2H. The SMILES string of the molecule is Clc1nc(Cl)c2cncn2n1. The average Bonchev–Trinajstić information content (AvgIpc) is 2.34. The number of aromatic nitrogens is 4. The molecule has 6 heteroatoms. The lowest BCUT2D eigenvalue weighted by molar-refractivity contribution is 0.893. The minimum atomic E-state index is 0.112. The molecule has 0 saturated heterocycles. The van der Waals surface area contributed by atoms with Gasteiger partial charge in [-0.15, -0.1) is 5.10 Å². The monoisotopic (exact) mass is 188 g/mol. The minimum Gasteiger partial charge on any atom is -0.242 e. The second kappa shape index (κ2) is 2.32. The van der Waals surface area contributed by atoms with Crippen molar-refractivity contribution in [3.8, 4) is 0 Å². The van der Waals surface area contributed by atoms with Gasteiger partial charge in [0, 0.05) is 0 Å². The molecule has 56 valence electrons. The van der Waals surface area contributed by atoms with Crippen LogP contribution in [0.2, 0.25) is 10.4 Å². The fourth-order valence-electron chi connectivity index (χ4n) is 0.765. The van der Waals surface area contributed by atoms with Crippen molar-refractivity contribution in [2.45, 2.75) is 0 Å². The van der Waals surface area contributed by atoms with Crippen LogP contribution in [-0.2, 0) is 0 Å². The zero-order valence-corrected chi connectivity index (χ0v) is 6.71. The van der Waals surface area contributed by atoms with E-state index in [-0.39, 0.29) is 5.28 Å². The summed E-state index contributed by atoms with van der Waals surface area (Å²) in [5.74, 6) is 0. The molecule has 0 unspecified atom stereocenters. The van der Waals surface area contributed by atoms with E-state index in [0.717, 1.165) is 0 Å². The number of nitrogens with zero attached hydrogens (tertiary/aromatic N) is 4. The van der Waals surface area contributed by atoms with Gasteiger partial charge in [-0.25, -0.2) is 14.5 Å². The summed E-state index contributed by atoms with van der Waals surface area (Å²) in [5, 5.41) is 4.24. The molecule has 4 nitrogen and oxygen atoms in total. The quantitative estimate of drug-likeness (QED) is 0.629. The summed E-state index contributed by atoms with van der Waals surface area (Å²) in [6.07, 6.45) is 3.08. The molecular formula is C5H2Cl2N4. The molecule has 2 aromatic rings. The molecule has 0 aliphatic carbocycles. The Morgan fingerprint density at radius 1 is 1.36 bits per heavy atom. The molecule has 2 rings (SSSR count). The Morgan fingerprint density at radius 2 is 2.18 bits per heavy atom. The number of halogens is 2. The summed E-state index contributed by atoms with van der Waals surface area (Å²) in [6.45, 7) is 0. The van der Waals surface area contributed by atoms with Gasteiger partial charge in [0.25, 0.3) is 0 Å². The molecular weight excluding hydrogens is 187 g/mol. The fraction of sp³-hybridized carbons (Fsp3) is 0. The molecule has 2 heterocycles. The third-order valence-electron chi connectivity index (χ3n) is 1.21. The zero-order valence-electron chi connectivity index (χ0n) is 5.20. The van der Waals surface area contributed by atoms with Gasteiger partial charge in [-0.1, -0.05) is 11.6 Å². The first-order valence-electron chi connectivity index (χ1n) is 2.79. The first kappa shape index (κ1) is 6.82. The summed E-state index contributed by atoms with van der Waals surface area (Å²) >= 11 is 11.2. The molecule has 0 amide bonds. The Morgan fingerprint density at radius 3 is 3.00 bits per heavy atom. The molecule has 0 atom stereocenters. The summed E-state index contributed by atoms with van der Waals surface area (Å²) in [7, 11) is 0. The predicted octanol–water partition coefficient (Wildman–Crippen LogP) is 1.43.